The Morgan fingerprint density at radius 3 is 2.56 bits per heavy atom. The van der Waals surface area contributed by atoms with Crippen LogP contribution in [0.15, 0.2) is 47.3 Å². The smallest absolute Gasteiger partial charge is 0.272 e. The summed E-state index contributed by atoms with van der Waals surface area (Å²) in [6, 6.07) is 11.0. The predicted octanol–water partition coefficient (Wildman–Crippen LogP) is 1.74. The van der Waals surface area contributed by atoms with E-state index in [-0.39, 0.29) is 16.6 Å². The van der Waals surface area contributed by atoms with E-state index in [1.54, 1.807) is 24.3 Å². The molecule has 3 N–H and O–H groups in total. The van der Waals surface area contributed by atoms with E-state index >= 15 is 0 Å². The van der Waals surface area contributed by atoms with E-state index in [1.807, 2.05) is 0 Å². The first-order chi connectivity index (χ1) is 13.0. The molecular weight excluding hydrogens is 368 g/mol. The van der Waals surface area contributed by atoms with Gasteiger partial charge in [0.25, 0.3) is 5.56 Å². The van der Waals surface area contributed by atoms with Gasteiger partial charge in [-0.15, -0.1) is 0 Å². The molecule has 0 bridgehead atoms. The molecule has 140 valence electrons. The van der Waals surface area contributed by atoms with Crippen LogP contribution in [0.2, 0.25) is 0 Å². The number of aliphatic hydroxyl groups excluding tert-OH is 1. The minimum absolute atomic E-state index is 0.175. The van der Waals surface area contributed by atoms with Crippen LogP contribution in [0.3, 0.4) is 0 Å². The molecule has 1 atom stereocenters. The molecule has 2 heterocycles. The monoisotopic (exact) mass is 387 g/mol. The Bertz CT molecular complexity index is 1100. The first-order valence-corrected chi connectivity index (χ1v) is 10.8. The van der Waals surface area contributed by atoms with Gasteiger partial charge in [0.15, 0.2) is 0 Å². The van der Waals surface area contributed by atoms with Crippen molar-refractivity contribution in [3.63, 3.8) is 0 Å². The molecule has 1 fully saturated rings. The fraction of sp³-hybridized carbons (Fsp3) is 0.263. The van der Waals surface area contributed by atoms with Crippen molar-refractivity contribution < 1.29 is 14.1 Å². The summed E-state index contributed by atoms with van der Waals surface area (Å²) < 4.78 is 27.6. The molecule has 1 aromatic heterocycles. The molecule has 1 aliphatic rings. The number of nitrogens with zero attached hydrogens (tertiary/aromatic N) is 1. The molecule has 6 nitrogen and oxygen atoms in total. The summed E-state index contributed by atoms with van der Waals surface area (Å²) in [5.41, 5.74) is 0.316. The number of nitrogens with one attached hydrogen (secondary N) is 2. The number of H-pyrrole nitrogens is 1. The molecule has 8 heteroatoms. The van der Waals surface area contributed by atoms with Crippen LogP contribution in [0.1, 0.15) is 17.4 Å². The summed E-state index contributed by atoms with van der Waals surface area (Å²) in [7, 11) is -2.84. The Morgan fingerprint density at radius 1 is 1.11 bits per heavy atom. The van der Waals surface area contributed by atoms with Crippen LogP contribution in [-0.4, -0.2) is 40.7 Å². The molecular formula is C19H19FN3O3P. The van der Waals surface area contributed by atoms with Crippen molar-refractivity contribution in [2.24, 2.45) is 0 Å². The molecule has 0 spiro atoms. The largest absolute Gasteiger partial charge is 0.382 e. The van der Waals surface area contributed by atoms with Gasteiger partial charge in [-0.05, 0) is 23.8 Å². The van der Waals surface area contributed by atoms with Crippen molar-refractivity contribution in [2.75, 3.05) is 25.4 Å². The predicted molar refractivity (Wildman–Crippen MR) is 103 cm³/mol. The van der Waals surface area contributed by atoms with Crippen LogP contribution in [0.5, 0.6) is 0 Å². The Hall–Kier alpha value is -2.34. The molecule has 2 aromatic carbocycles. The van der Waals surface area contributed by atoms with Gasteiger partial charge < -0.3 is 15.0 Å². The topological polar surface area (TPSA) is 95.1 Å². The lowest BCUT2D eigenvalue weighted by molar-refractivity contribution is 0.216. The lowest BCUT2D eigenvalue weighted by atomic mass is 10.0. The average Bonchev–Trinajstić information content (AvgIpc) is 2.69. The van der Waals surface area contributed by atoms with Crippen molar-refractivity contribution in [1.29, 1.82) is 0 Å². The van der Waals surface area contributed by atoms with E-state index in [1.165, 1.54) is 18.2 Å². The van der Waals surface area contributed by atoms with Crippen molar-refractivity contribution in [1.82, 2.24) is 15.5 Å². The third kappa shape index (κ3) is 3.23. The third-order valence-corrected chi connectivity index (χ3v) is 8.12. The highest BCUT2D eigenvalue weighted by molar-refractivity contribution is 7.71. The third-order valence-electron chi connectivity index (χ3n) is 5.01. The Labute approximate surface area is 154 Å². The van der Waals surface area contributed by atoms with Crippen molar-refractivity contribution in [2.45, 2.75) is 6.10 Å². The highest BCUT2D eigenvalue weighted by Gasteiger charge is 2.31. The summed E-state index contributed by atoms with van der Waals surface area (Å²) in [5, 5.41) is 21.5. The Balaban J connectivity index is 1.81. The number of aromatic amines is 1. The molecule has 0 amide bonds. The van der Waals surface area contributed by atoms with E-state index < -0.39 is 19.1 Å². The highest BCUT2D eigenvalue weighted by atomic mass is 31.2. The standard InChI is InChI=1S/C19H19FN3O3P/c20-15-6-5-12(11-16(15)27(26)9-7-21-8-10-27)18(24)17-13-3-1-2-4-14(13)19(25)23-22-17/h1-6,11,18,21,24H,7-10H2,(H,23,25). The van der Waals surface area contributed by atoms with Crippen LogP contribution >= 0.6 is 7.14 Å². The second-order valence-electron chi connectivity index (χ2n) is 6.68. The van der Waals surface area contributed by atoms with Gasteiger partial charge in [0.1, 0.15) is 24.8 Å². The zero-order valence-electron chi connectivity index (χ0n) is 14.5. The molecule has 1 aliphatic heterocycles. The molecule has 3 aromatic rings. The number of fused-ring (bicyclic) bond motifs is 1. The van der Waals surface area contributed by atoms with Gasteiger partial charge in [-0.2, -0.15) is 5.10 Å². The number of rotatable bonds is 3. The minimum atomic E-state index is -2.84. The fourth-order valence-corrected chi connectivity index (χ4v) is 6.10. The molecule has 1 unspecified atom stereocenters. The highest BCUT2D eigenvalue weighted by Crippen LogP contribution is 2.46. The van der Waals surface area contributed by atoms with Crippen LogP contribution in [0.4, 0.5) is 4.39 Å². The van der Waals surface area contributed by atoms with E-state index in [2.05, 4.69) is 15.5 Å². The summed E-state index contributed by atoms with van der Waals surface area (Å²) in [6.07, 6.45) is -0.396. The van der Waals surface area contributed by atoms with Crippen LogP contribution < -0.4 is 16.2 Å². The first kappa shape index (κ1) is 18.0. The molecule has 0 radical (unpaired) electrons. The second-order valence-corrected chi connectivity index (χ2v) is 9.84. The molecule has 0 aliphatic carbocycles. The number of halogens is 1. The number of hydrogen-bond donors (Lipinski definition) is 3. The molecule has 1 saturated heterocycles. The summed E-state index contributed by atoms with van der Waals surface area (Å²) in [5.74, 6) is -0.518. The quantitative estimate of drug-likeness (QED) is 0.595. The maximum Gasteiger partial charge on any atom is 0.272 e. The number of hydrogen-bond acceptors (Lipinski definition) is 5. The Morgan fingerprint density at radius 2 is 1.81 bits per heavy atom. The van der Waals surface area contributed by atoms with E-state index in [4.69, 9.17) is 0 Å². The molecule has 4 rings (SSSR count). The van der Waals surface area contributed by atoms with Crippen molar-refractivity contribution in [3.05, 3.63) is 69.9 Å². The van der Waals surface area contributed by atoms with Crippen LogP contribution in [0, 0.1) is 5.82 Å². The summed E-state index contributed by atoms with van der Waals surface area (Å²) in [6.45, 7) is 1.16. The van der Waals surface area contributed by atoms with Crippen LogP contribution in [-0.2, 0) is 4.57 Å². The number of aliphatic hydroxyl groups is 1. The maximum absolute atomic E-state index is 14.4. The SMILES string of the molecule is O=c1[nH]nc(C(O)c2ccc(F)c(P3(=O)CCNCC3)c2)c2ccccc12. The molecule has 0 saturated carbocycles. The number of benzene rings is 2. The summed E-state index contributed by atoms with van der Waals surface area (Å²) in [4.78, 5) is 11.9. The molecule has 27 heavy (non-hydrogen) atoms. The van der Waals surface area contributed by atoms with Crippen molar-refractivity contribution >= 4 is 23.2 Å². The normalized spacial score (nSPS) is 17.7. The van der Waals surface area contributed by atoms with Gasteiger partial charge >= 0.3 is 0 Å². The van der Waals surface area contributed by atoms with Gasteiger partial charge in [0.2, 0.25) is 0 Å². The number of aromatic nitrogens is 2. The lowest BCUT2D eigenvalue weighted by Crippen LogP contribution is -2.33. The van der Waals surface area contributed by atoms with Gasteiger partial charge in [0.05, 0.1) is 5.39 Å². The van der Waals surface area contributed by atoms with Gasteiger partial charge in [-0.1, -0.05) is 24.3 Å². The van der Waals surface area contributed by atoms with Crippen LogP contribution in [0.25, 0.3) is 10.8 Å². The van der Waals surface area contributed by atoms with Gasteiger partial charge in [0, 0.05) is 36.1 Å². The van der Waals surface area contributed by atoms with E-state index in [0.717, 1.165) is 0 Å². The van der Waals surface area contributed by atoms with E-state index in [9.17, 15) is 18.9 Å². The average molecular weight is 387 g/mol. The van der Waals surface area contributed by atoms with Gasteiger partial charge in [-0.3, -0.25) is 4.79 Å². The van der Waals surface area contributed by atoms with E-state index in [0.29, 0.717) is 41.7 Å². The zero-order valence-corrected chi connectivity index (χ0v) is 15.4. The lowest BCUT2D eigenvalue weighted by Gasteiger charge is -2.25. The minimum Gasteiger partial charge on any atom is -0.382 e. The second kappa shape index (κ2) is 7.00. The van der Waals surface area contributed by atoms with Gasteiger partial charge in [-0.25, -0.2) is 9.49 Å². The Kier molecular flexibility index (Phi) is 4.68. The fourth-order valence-electron chi connectivity index (χ4n) is 3.51. The van der Waals surface area contributed by atoms with Crippen molar-refractivity contribution in [3.8, 4) is 0 Å². The first-order valence-electron chi connectivity index (χ1n) is 8.74. The zero-order chi connectivity index (χ0) is 19.0. The summed E-state index contributed by atoms with van der Waals surface area (Å²) >= 11 is 0. The maximum atomic E-state index is 14.4.